The number of hydrogen-bond donors (Lipinski definition) is 2. The van der Waals surface area contributed by atoms with Gasteiger partial charge in [-0.2, -0.15) is 0 Å². The molecule has 0 spiro atoms. The molecule has 5 heteroatoms. The summed E-state index contributed by atoms with van der Waals surface area (Å²) in [4.78, 5) is 24.0. The van der Waals surface area contributed by atoms with Gasteiger partial charge >= 0.3 is 0 Å². The van der Waals surface area contributed by atoms with E-state index >= 15 is 0 Å². The molecule has 120 valence electrons. The van der Waals surface area contributed by atoms with E-state index in [1.807, 2.05) is 30.3 Å². The SMILES string of the molecule is CC(=O)Nc1ccc(CC(=O)NCCSc2ccccc2)cc1. The monoisotopic (exact) mass is 328 g/mol. The Bertz CT molecular complexity index is 642. The van der Waals surface area contributed by atoms with Gasteiger partial charge in [-0.15, -0.1) is 11.8 Å². The third-order valence-electron chi connectivity index (χ3n) is 3.08. The van der Waals surface area contributed by atoms with Crippen LogP contribution in [-0.4, -0.2) is 24.1 Å². The van der Waals surface area contributed by atoms with Crippen molar-refractivity contribution >= 4 is 29.3 Å². The molecule has 0 aliphatic heterocycles. The Balaban J connectivity index is 1.69. The van der Waals surface area contributed by atoms with Crippen LogP contribution in [0, 0.1) is 0 Å². The number of thioether (sulfide) groups is 1. The summed E-state index contributed by atoms with van der Waals surface area (Å²) >= 11 is 1.72. The number of rotatable bonds is 7. The molecule has 0 aliphatic carbocycles. The highest BCUT2D eigenvalue weighted by molar-refractivity contribution is 7.99. The first-order valence-corrected chi connectivity index (χ1v) is 8.43. The lowest BCUT2D eigenvalue weighted by Crippen LogP contribution is -2.27. The van der Waals surface area contributed by atoms with Crippen LogP contribution in [0.15, 0.2) is 59.5 Å². The highest BCUT2D eigenvalue weighted by Crippen LogP contribution is 2.15. The van der Waals surface area contributed by atoms with E-state index < -0.39 is 0 Å². The minimum atomic E-state index is -0.105. The second-order valence-electron chi connectivity index (χ2n) is 5.07. The fourth-order valence-electron chi connectivity index (χ4n) is 2.03. The Morgan fingerprint density at radius 3 is 2.35 bits per heavy atom. The topological polar surface area (TPSA) is 58.2 Å². The summed E-state index contributed by atoms with van der Waals surface area (Å²) in [5.74, 6) is 0.745. The number of benzene rings is 2. The Kier molecular flexibility index (Phi) is 6.69. The number of carbonyl (C=O) groups is 2. The van der Waals surface area contributed by atoms with E-state index in [0.717, 1.165) is 17.0 Å². The number of carbonyl (C=O) groups excluding carboxylic acids is 2. The minimum Gasteiger partial charge on any atom is -0.355 e. The van der Waals surface area contributed by atoms with E-state index in [0.29, 0.717) is 13.0 Å². The molecule has 0 radical (unpaired) electrons. The second-order valence-corrected chi connectivity index (χ2v) is 6.23. The van der Waals surface area contributed by atoms with Gasteiger partial charge in [0.15, 0.2) is 0 Å². The Morgan fingerprint density at radius 1 is 1.00 bits per heavy atom. The lowest BCUT2D eigenvalue weighted by molar-refractivity contribution is -0.120. The summed E-state index contributed by atoms with van der Waals surface area (Å²) < 4.78 is 0. The van der Waals surface area contributed by atoms with E-state index in [9.17, 15) is 9.59 Å². The van der Waals surface area contributed by atoms with E-state index in [4.69, 9.17) is 0 Å². The Hall–Kier alpha value is -2.27. The largest absolute Gasteiger partial charge is 0.355 e. The van der Waals surface area contributed by atoms with Crippen LogP contribution >= 0.6 is 11.8 Å². The molecule has 0 fully saturated rings. The first-order chi connectivity index (χ1) is 11.1. The summed E-state index contributed by atoms with van der Waals surface area (Å²) in [6.45, 7) is 2.11. The zero-order valence-corrected chi connectivity index (χ0v) is 13.9. The van der Waals surface area contributed by atoms with Crippen LogP contribution in [0.3, 0.4) is 0 Å². The van der Waals surface area contributed by atoms with Gasteiger partial charge in [-0.25, -0.2) is 0 Å². The maximum atomic E-state index is 11.9. The van der Waals surface area contributed by atoms with Crippen molar-refractivity contribution in [2.24, 2.45) is 0 Å². The molecule has 0 bridgehead atoms. The molecule has 2 aromatic carbocycles. The molecule has 0 saturated heterocycles. The van der Waals surface area contributed by atoms with E-state index in [-0.39, 0.29) is 11.8 Å². The predicted octanol–water partition coefficient (Wildman–Crippen LogP) is 3.10. The summed E-state index contributed by atoms with van der Waals surface area (Å²) in [6.07, 6.45) is 0.344. The van der Waals surface area contributed by atoms with E-state index in [2.05, 4.69) is 22.8 Å². The zero-order valence-electron chi connectivity index (χ0n) is 13.0. The Morgan fingerprint density at radius 2 is 1.70 bits per heavy atom. The minimum absolute atomic E-state index is 0.00550. The molecule has 0 heterocycles. The molecule has 2 rings (SSSR count). The van der Waals surface area contributed by atoms with Crippen molar-refractivity contribution in [3.8, 4) is 0 Å². The van der Waals surface area contributed by atoms with Crippen molar-refractivity contribution in [2.45, 2.75) is 18.2 Å². The van der Waals surface area contributed by atoms with Crippen molar-refractivity contribution in [3.63, 3.8) is 0 Å². The molecule has 0 aromatic heterocycles. The molecule has 0 aliphatic rings. The smallest absolute Gasteiger partial charge is 0.224 e. The lowest BCUT2D eigenvalue weighted by Gasteiger charge is -2.07. The first kappa shape index (κ1) is 17.1. The van der Waals surface area contributed by atoms with Crippen molar-refractivity contribution in [1.82, 2.24) is 5.32 Å². The fraction of sp³-hybridized carbons (Fsp3) is 0.222. The van der Waals surface area contributed by atoms with Gasteiger partial charge in [0.05, 0.1) is 6.42 Å². The molecule has 2 aromatic rings. The molecular weight excluding hydrogens is 308 g/mol. The Labute approximate surface area is 140 Å². The normalized spacial score (nSPS) is 10.1. The van der Waals surface area contributed by atoms with Crippen molar-refractivity contribution < 1.29 is 9.59 Å². The van der Waals surface area contributed by atoms with Gasteiger partial charge in [0, 0.05) is 29.8 Å². The van der Waals surface area contributed by atoms with Crippen LogP contribution < -0.4 is 10.6 Å². The molecule has 4 nitrogen and oxygen atoms in total. The van der Waals surface area contributed by atoms with Gasteiger partial charge in [0.25, 0.3) is 0 Å². The van der Waals surface area contributed by atoms with Crippen LogP contribution in [-0.2, 0) is 16.0 Å². The number of amides is 2. The van der Waals surface area contributed by atoms with Crippen LogP contribution in [0.2, 0.25) is 0 Å². The lowest BCUT2D eigenvalue weighted by atomic mass is 10.1. The van der Waals surface area contributed by atoms with Crippen molar-refractivity contribution in [3.05, 3.63) is 60.2 Å². The number of nitrogens with one attached hydrogen (secondary N) is 2. The first-order valence-electron chi connectivity index (χ1n) is 7.44. The molecule has 0 unspecified atom stereocenters. The van der Waals surface area contributed by atoms with Crippen LogP contribution in [0.4, 0.5) is 5.69 Å². The fourth-order valence-corrected chi connectivity index (χ4v) is 2.82. The number of anilines is 1. The van der Waals surface area contributed by atoms with Crippen LogP contribution in [0.5, 0.6) is 0 Å². The standard InChI is InChI=1S/C18H20N2O2S/c1-14(21)20-16-9-7-15(8-10-16)13-18(22)19-11-12-23-17-5-3-2-4-6-17/h2-10H,11-13H2,1H3,(H,19,22)(H,20,21). The summed E-state index contributed by atoms with van der Waals surface area (Å²) in [7, 11) is 0. The maximum Gasteiger partial charge on any atom is 0.224 e. The third kappa shape index (κ3) is 6.57. The molecule has 2 N–H and O–H groups in total. The third-order valence-corrected chi connectivity index (χ3v) is 4.09. The summed E-state index contributed by atoms with van der Waals surface area (Å²) in [5, 5.41) is 5.62. The zero-order chi connectivity index (χ0) is 16.5. The summed E-state index contributed by atoms with van der Waals surface area (Å²) in [6, 6.07) is 17.4. The average Bonchev–Trinajstić information content (AvgIpc) is 2.54. The highest BCUT2D eigenvalue weighted by Gasteiger charge is 2.03. The van der Waals surface area contributed by atoms with Gasteiger partial charge in [-0.3, -0.25) is 9.59 Å². The molecule has 23 heavy (non-hydrogen) atoms. The number of hydrogen-bond acceptors (Lipinski definition) is 3. The predicted molar refractivity (Wildman–Crippen MR) is 94.6 cm³/mol. The van der Waals surface area contributed by atoms with Crippen LogP contribution in [0.1, 0.15) is 12.5 Å². The van der Waals surface area contributed by atoms with Gasteiger partial charge in [-0.1, -0.05) is 30.3 Å². The summed E-state index contributed by atoms with van der Waals surface area (Å²) in [5.41, 5.74) is 1.66. The van der Waals surface area contributed by atoms with E-state index in [1.54, 1.807) is 23.9 Å². The molecule has 0 atom stereocenters. The van der Waals surface area contributed by atoms with Gasteiger partial charge in [-0.05, 0) is 29.8 Å². The van der Waals surface area contributed by atoms with Gasteiger partial charge < -0.3 is 10.6 Å². The average molecular weight is 328 g/mol. The van der Waals surface area contributed by atoms with Crippen molar-refractivity contribution in [2.75, 3.05) is 17.6 Å². The van der Waals surface area contributed by atoms with Crippen molar-refractivity contribution in [1.29, 1.82) is 0 Å². The van der Waals surface area contributed by atoms with Gasteiger partial charge in [0.1, 0.15) is 0 Å². The van der Waals surface area contributed by atoms with E-state index in [1.165, 1.54) is 11.8 Å². The second kappa shape index (κ2) is 9.00. The highest BCUT2D eigenvalue weighted by atomic mass is 32.2. The van der Waals surface area contributed by atoms with Gasteiger partial charge in [0.2, 0.25) is 11.8 Å². The van der Waals surface area contributed by atoms with Crippen LogP contribution in [0.25, 0.3) is 0 Å². The maximum absolute atomic E-state index is 11.9. The molecular formula is C18H20N2O2S. The molecule has 2 amide bonds. The molecule has 0 saturated carbocycles. The quantitative estimate of drug-likeness (QED) is 0.606.